The van der Waals surface area contributed by atoms with Crippen molar-refractivity contribution < 1.29 is 0 Å². The number of hydrogen-bond donors (Lipinski definition) is 2. The van der Waals surface area contributed by atoms with Crippen molar-refractivity contribution in [2.45, 2.75) is 52.9 Å². The Morgan fingerprint density at radius 3 is 1.64 bits per heavy atom. The summed E-state index contributed by atoms with van der Waals surface area (Å²) in [5.74, 6) is 1.72. The maximum Gasteiger partial charge on any atom is 0.200 e. The zero-order chi connectivity index (χ0) is 18.2. The van der Waals surface area contributed by atoms with Crippen LogP contribution in [-0.4, -0.2) is 12.5 Å². The number of para-hydroxylation sites is 2. The maximum atomic E-state index is 4.73. The second kappa shape index (κ2) is 9.26. The van der Waals surface area contributed by atoms with E-state index in [1.807, 2.05) is 0 Å². The van der Waals surface area contributed by atoms with Crippen molar-refractivity contribution in [1.29, 1.82) is 0 Å². The summed E-state index contributed by atoms with van der Waals surface area (Å²) in [7, 11) is 0. The van der Waals surface area contributed by atoms with Crippen LogP contribution in [0.1, 0.15) is 64.0 Å². The van der Waals surface area contributed by atoms with Gasteiger partial charge in [0.2, 0.25) is 0 Å². The Labute approximate surface area is 152 Å². The summed E-state index contributed by atoms with van der Waals surface area (Å²) in [6.45, 7) is 11.8. The zero-order valence-corrected chi connectivity index (χ0v) is 16.1. The van der Waals surface area contributed by atoms with Gasteiger partial charge in [-0.2, -0.15) is 0 Å². The highest BCUT2D eigenvalue weighted by molar-refractivity contribution is 6.04. The molecule has 0 atom stereocenters. The van der Waals surface area contributed by atoms with Gasteiger partial charge in [-0.25, -0.2) is 0 Å². The molecule has 0 aliphatic carbocycles. The quantitative estimate of drug-likeness (QED) is 0.484. The first kappa shape index (κ1) is 19.0. The number of guanidine groups is 1. The maximum absolute atomic E-state index is 4.73. The van der Waals surface area contributed by atoms with Crippen LogP contribution in [0.3, 0.4) is 0 Å². The summed E-state index contributed by atoms with van der Waals surface area (Å²) in [5, 5.41) is 7.03. The summed E-state index contributed by atoms with van der Waals surface area (Å²) in [4.78, 5) is 4.73. The van der Waals surface area contributed by atoms with Crippen LogP contribution in [0.5, 0.6) is 0 Å². The second-order valence-corrected chi connectivity index (χ2v) is 6.96. The standard InChI is InChI=1S/C22H31N3/c1-6-15-23-22(24-20-13-9-7-11-18(20)16(2)3)25-21-14-10-8-12-19(21)17(4)5/h7-14,16-17H,6,15H2,1-5H3,(H2,23,24,25). The van der Waals surface area contributed by atoms with Crippen molar-refractivity contribution in [2.24, 2.45) is 4.99 Å². The van der Waals surface area contributed by atoms with Gasteiger partial charge in [0.1, 0.15) is 0 Å². The fraction of sp³-hybridized carbons (Fsp3) is 0.409. The van der Waals surface area contributed by atoms with Gasteiger partial charge in [-0.3, -0.25) is 4.99 Å². The number of nitrogens with one attached hydrogen (secondary N) is 2. The Kier molecular flexibility index (Phi) is 7.05. The number of aliphatic imine (C=N–C) groups is 1. The van der Waals surface area contributed by atoms with E-state index < -0.39 is 0 Å². The molecule has 2 N–H and O–H groups in total. The van der Waals surface area contributed by atoms with Gasteiger partial charge in [-0.05, 0) is 41.5 Å². The SMILES string of the molecule is CCCN=C(Nc1ccccc1C(C)C)Nc1ccccc1C(C)C. The molecule has 2 rings (SSSR count). The lowest BCUT2D eigenvalue weighted by atomic mass is 10.0. The first-order valence-corrected chi connectivity index (χ1v) is 9.29. The van der Waals surface area contributed by atoms with Gasteiger partial charge < -0.3 is 10.6 Å². The van der Waals surface area contributed by atoms with E-state index in [9.17, 15) is 0 Å². The molecule has 2 aromatic rings. The number of benzene rings is 2. The van der Waals surface area contributed by atoms with Crippen LogP contribution in [0.2, 0.25) is 0 Å². The largest absolute Gasteiger partial charge is 0.326 e. The van der Waals surface area contributed by atoms with Crippen LogP contribution in [0.15, 0.2) is 53.5 Å². The monoisotopic (exact) mass is 337 g/mol. The van der Waals surface area contributed by atoms with Crippen LogP contribution in [0.25, 0.3) is 0 Å². The Morgan fingerprint density at radius 2 is 1.24 bits per heavy atom. The normalized spacial score (nSPS) is 10.8. The molecule has 0 saturated carbocycles. The molecule has 0 fully saturated rings. The molecule has 2 aromatic carbocycles. The number of nitrogens with zero attached hydrogens (tertiary/aromatic N) is 1. The molecule has 0 unspecified atom stereocenters. The summed E-state index contributed by atoms with van der Waals surface area (Å²) < 4.78 is 0. The highest BCUT2D eigenvalue weighted by Crippen LogP contribution is 2.26. The van der Waals surface area contributed by atoms with Crippen LogP contribution in [0, 0.1) is 0 Å². The van der Waals surface area contributed by atoms with Crippen molar-refractivity contribution in [3.63, 3.8) is 0 Å². The average Bonchev–Trinajstić information content (AvgIpc) is 2.60. The molecule has 0 aliphatic rings. The molecule has 0 aromatic heterocycles. The van der Waals surface area contributed by atoms with Crippen molar-refractivity contribution in [1.82, 2.24) is 0 Å². The van der Waals surface area contributed by atoms with Crippen molar-refractivity contribution in [3.8, 4) is 0 Å². The topological polar surface area (TPSA) is 36.4 Å². The van der Waals surface area contributed by atoms with Crippen molar-refractivity contribution >= 4 is 17.3 Å². The van der Waals surface area contributed by atoms with Crippen LogP contribution < -0.4 is 10.6 Å². The lowest BCUT2D eigenvalue weighted by Gasteiger charge is -2.19. The molecule has 0 heterocycles. The van der Waals surface area contributed by atoms with Crippen molar-refractivity contribution in [2.75, 3.05) is 17.2 Å². The minimum Gasteiger partial charge on any atom is -0.326 e. The van der Waals surface area contributed by atoms with Gasteiger partial charge in [0.05, 0.1) is 0 Å². The van der Waals surface area contributed by atoms with Crippen molar-refractivity contribution in [3.05, 3.63) is 59.7 Å². The smallest absolute Gasteiger partial charge is 0.200 e. The first-order valence-electron chi connectivity index (χ1n) is 9.29. The second-order valence-electron chi connectivity index (χ2n) is 6.96. The van der Waals surface area contributed by atoms with Crippen LogP contribution in [-0.2, 0) is 0 Å². The fourth-order valence-corrected chi connectivity index (χ4v) is 2.82. The third-order valence-electron chi connectivity index (χ3n) is 4.17. The van der Waals surface area contributed by atoms with E-state index in [2.05, 4.69) is 93.8 Å². The predicted molar refractivity (Wildman–Crippen MR) is 111 cm³/mol. The summed E-state index contributed by atoms with van der Waals surface area (Å²) in [6, 6.07) is 16.9. The predicted octanol–water partition coefficient (Wildman–Crippen LogP) is 6.22. The molecular weight excluding hydrogens is 306 g/mol. The molecule has 3 nitrogen and oxygen atoms in total. The molecule has 25 heavy (non-hydrogen) atoms. The lowest BCUT2D eigenvalue weighted by molar-refractivity contribution is 0.868. The Balaban J connectivity index is 2.30. The third-order valence-corrected chi connectivity index (χ3v) is 4.17. The molecular formula is C22H31N3. The summed E-state index contributed by atoms with van der Waals surface area (Å²) in [5.41, 5.74) is 4.82. The van der Waals surface area contributed by atoms with Crippen LogP contribution in [0.4, 0.5) is 11.4 Å². The van der Waals surface area contributed by atoms with E-state index in [4.69, 9.17) is 4.99 Å². The molecule has 0 amide bonds. The van der Waals surface area contributed by atoms with E-state index in [1.54, 1.807) is 0 Å². The summed E-state index contributed by atoms with van der Waals surface area (Å²) in [6.07, 6.45) is 1.02. The van der Waals surface area contributed by atoms with Gasteiger partial charge in [0.15, 0.2) is 5.96 Å². The van der Waals surface area contributed by atoms with Gasteiger partial charge in [-0.15, -0.1) is 0 Å². The van der Waals surface area contributed by atoms with Gasteiger partial charge in [0.25, 0.3) is 0 Å². The number of hydrogen-bond acceptors (Lipinski definition) is 1. The van der Waals surface area contributed by atoms with Gasteiger partial charge >= 0.3 is 0 Å². The van der Waals surface area contributed by atoms with E-state index in [-0.39, 0.29) is 0 Å². The molecule has 0 spiro atoms. The average molecular weight is 338 g/mol. The summed E-state index contributed by atoms with van der Waals surface area (Å²) >= 11 is 0. The highest BCUT2D eigenvalue weighted by Gasteiger charge is 2.11. The Morgan fingerprint density at radius 1 is 0.800 bits per heavy atom. The molecule has 134 valence electrons. The van der Waals surface area contributed by atoms with E-state index >= 15 is 0 Å². The fourth-order valence-electron chi connectivity index (χ4n) is 2.82. The highest BCUT2D eigenvalue weighted by atomic mass is 15.2. The van der Waals surface area contributed by atoms with Gasteiger partial charge in [-0.1, -0.05) is 71.0 Å². The number of anilines is 2. The molecule has 0 saturated heterocycles. The first-order chi connectivity index (χ1) is 12.0. The minimum absolute atomic E-state index is 0.457. The Hall–Kier alpha value is -2.29. The van der Waals surface area contributed by atoms with E-state index in [1.165, 1.54) is 11.1 Å². The minimum atomic E-state index is 0.457. The molecule has 0 radical (unpaired) electrons. The zero-order valence-electron chi connectivity index (χ0n) is 16.1. The Bertz CT molecular complexity index is 646. The van der Waals surface area contributed by atoms with Crippen LogP contribution >= 0.6 is 0 Å². The van der Waals surface area contributed by atoms with E-state index in [0.29, 0.717) is 11.8 Å². The molecule has 0 aliphatic heterocycles. The van der Waals surface area contributed by atoms with Gasteiger partial charge in [0, 0.05) is 17.9 Å². The molecule has 0 bridgehead atoms. The number of rotatable bonds is 6. The van der Waals surface area contributed by atoms with E-state index in [0.717, 1.165) is 30.3 Å². The molecule has 3 heteroatoms. The third kappa shape index (κ3) is 5.35. The lowest BCUT2D eigenvalue weighted by Crippen LogP contribution is -2.24.